The molecule has 2 aromatic rings. The summed E-state index contributed by atoms with van der Waals surface area (Å²) in [6, 6.07) is 9.53. The van der Waals surface area contributed by atoms with Crippen LogP contribution >= 0.6 is 0 Å². The Bertz CT molecular complexity index is 855. The number of hydrogen-bond donors (Lipinski definition) is 2. The molecular formula is C14H11N3O3S. The Morgan fingerprint density at radius 1 is 1.14 bits per heavy atom. The maximum atomic E-state index is 11.9. The highest BCUT2D eigenvalue weighted by Gasteiger charge is 2.24. The predicted molar refractivity (Wildman–Crippen MR) is 78.6 cm³/mol. The Labute approximate surface area is 121 Å². The van der Waals surface area contributed by atoms with Crippen LogP contribution in [0.4, 0.5) is 5.82 Å². The average molecular weight is 301 g/mol. The van der Waals surface area contributed by atoms with Crippen LogP contribution in [0.3, 0.4) is 0 Å². The Balaban J connectivity index is 2.01. The van der Waals surface area contributed by atoms with Gasteiger partial charge in [-0.3, -0.25) is 4.79 Å². The van der Waals surface area contributed by atoms with E-state index >= 15 is 0 Å². The molecule has 0 fully saturated rings. The maximum Gasteiger partial charge on any atom is 0.257 e. The molecule has 7 heteroatoms. The van der Waals surface area contributed by atoms with Gasteiger partial charge in [-0.1, -0.05) is 12.1 Å². The van der Waals surface area contributed by atoms with Crippen molar-refractivity contribution in [3.8, 4) is 0 Å². The molecule has 3 rings (SSSR count). The standard InChI is InChI=1S/C14H11N3O3S/c15-21(19,20)10-5-3-9(4-6-10)8-12-11-2-1-7-16-13(11)17-14(12)18/h1-8H,(H2,15,19,20)(H,16,17,18). The highest BCUT2D eigenvalue weighted by Crippen LogP contribution is 2.30. The van der Waals surface area contributed by atoms with Gasteiger partial charge in [0, 0.05) is 11.8 Å². The zero-order valence-electron chi connectivity index (χ0n) is 10.8. The van der Waals surface area contributed by atoms with Gasteiger partial charge in [0.1, 0.15) is 5.82 Å². The number of nitrogens with two attached hydrogens (primary N) is 1. The lowest BCUT2D eigenvalue weighted by atomic mass is 10.1. The molecule has 6 nitrogen and oxygen atoms in total. The molecule has 1 aliphatic heterocycles. The number of nitrogens with one attached hydrogen (secondary N) is 1. The lowest BCUT2D eigenvalue weighted by Crippen LogP contribution is -2.11. The van der Waals surface area contributed by atoms with Gasteiger partial charge in [-0.05, 0) is 35.9 Å². The van der Waals surface area contributed by atoms with Crippen LogP contribution in [-0.4, -0.2) is 19.3 Å². The number of anilines is 1. The van der Waals surface area contributed by atoms with Crippen molar-refractivity contribution in [1.82, 2.24) is 4.98 Å². The Morgan fingerprint density at radius 2 is 1.86 bits per heavy atom. The third-order valence-corrected chi connectivity index (χ3v) is 4.02. The summed E-state index contributed by atoms with van der Waals surface area (Å²) in [6.45, 7) is 0. The van der Waals surface area contributed by atoms with Gasteiger partial charge in [-0.15, -0.1) is 0 Å². The van der Waals surface area contributed by atoms with Crippen molar-refractivity contribution in [3.63, 3.8) is 0 Å². The number of aromatic nitrogens is 1. The normalized spacial score (nSPS) is 15.9. The molecule has 0 unspecified atom stereocenters. The number of fused-ring (bicyclic) bond motifs is 1. The number of carbonyl (C=O) groups excluding carboxylic acids is 1. The van der Waals surface area contributed by atoms with Crippen LogP contribution in [0.1, 0.15) is 11.1 Å². The molecule has 1 aliphatic rings. The SMILES string of the molecule is NS(=O)(=O)c1ccc(C=C2C(=O)Nc3ncccc32)cc1. The van der Waals surface area contributed by atoms with Crippen LogP contribution in [0.15, 0.2) is 47.5 Å². The average Bonchev–Trinajstić information content (AvgIpc) is 2.75. The lowest BCUT2D eigenvalue weighted by Gasteiger charge is -2.00. The predicted octanol–water partition coefficient (Wildman–Crippen LogP) is 1.22. The van der Waals surface area contributed by atoms with Crippen molar-refractivity contribution in [1.29, 1.82) is 0 Å². The third kappa shape index (κ3) is 2.56. The van der Waals surface area contributed by atoms with Crippen LogP contribution in [0, 0.1) is 0 Å². The first-order chi connectivity index (χ1) is 9.95. The molecule has 21 heavy (non-hydrogen) atoms. The van der Waals surface area contributed by atoms with Crippen LogP contribution in [0.25, 0.3) is 11.6 Å². The van der Waals surface area contributed by atoms with Gasteiger partial charge in [0.25, 0.3) is 5.91 Å². The second-order valence-electron chi connectivity index (χ2n) is 4.53. The van der Waals surface area contributed by atoms with E-state index < -0.39 is 10.0 Å². The van der Waals surface area contributed by atoms with Gasteiger partial charge >= 0.3 is 0 Å². The number of rotatable bonds is 2. The molecule has 2 heterocycles. The summed E-state index contributed by atoms with van der Waals surface area (Å²) >= 11 is 0. The van der Waals surface area contributed by atoms with Crippen molar-refractivity contribution in [2.45, 2.75) is 4.90 Å². The van der Waals surface area contributed by atoms with Crippen molar-refractivity contribution in [2.75, 3.05) is 5.32 Å². The van der Waals surface area contributed by atoms with Gasteiger partial charge in [0.2, 0.25) is 10.0 Å². The van der Waals surface area contributed by atoms with Crippen molar-refractivity contribution < 1.29 is 13.2 Å². The van der Waals surface area contributed by atoms with Crippen molar-refractivity contribution >= 4 is 33.4 Å². The minimum atomic E-state index is -3.72. The fourth-order valence-corrected chi connectivity index (χ4v) is 2.60. The van der Waals surface area contributed by atoms with Gasteiger partial charge in [0.05, 0.1) is 10.5 Å². The van der Waals surface area contributed by atoms with Crippen molar-refractivity contribution in [3.05, 3.63) is 53.7 Å². The zero-order chi connectivity index (χ0) is 15.0. The summed E-state index contributed by atoms with van der Waals surface area (Å²) < 4.78 is 22.4. The van der Waals surface area contributed by atoms with E-state index in [-0.39, 0.29) is 10.8 Å². The number of nitrogens with zero attached hydrogens (tertiary/aromatic N) is 1. The second kappa shape index (κ2) is 4.80. The molecule has 0 saturated heterocycles. The van der Waals surface area contributed by atoms with E-state index in [9.17, 15) is 13.2 Å². The Hall–Kier alpha value is -2.51. The molecule has 106 valence electrons. The summed E-state index contributed by atoms with van der Waals surface area (Å²) in [4.78, 5) is 16.0. The highest BCUT2D eigenvalue weighted by atomic mass is 32.2. The van der Waals surface area contributed by atoms with Gasteiger partial charge in [0.15, 0.2) is 0 Å². The van der Waals surface area contributed by atoms with E-state index in [1.807, 2.05) is 0 Å². The summed E-state index contributed by atoms with van der Waals surface area (Å²) in [5.74, 6) is 0.286. The van der Waals surface area contributed by atoms with E-state index in [2.05, 4.69) is 10.3 Å². The Morgan fingerprint density at radius 3 is 2.52 bits per heavy atom. The number of carbonyl (C=O) groups is 1. The quantitative estimate of drug-likeness (QED) is 0.814. The minimum absolute atomic E-state index is 0.0302. The van der Waals surface area contributed by atoms with E-state index in [4.69, 9.17) is 5.14 Å². The molecule has 1 amide bonds. The zero-order valence-corrected chi connectivity index (χ0v) is 11.6. The molecule has 0 saturated carbocycles. The lowest BCUT2D eigenvalue weighted by molar-refractivity contribution is -0.110. The summed E-state index contributed by atoms with van der Waals surface area (Å²) in [5, 5.41) is 7.71. The minimum Gasteiger partial charge on any atom is -0.306 e. The number of pyridine rings is 1. The highest BCUT2D eigenvalue weighted by molar-refractivity contribution is 7.89. The number of hydrogen-bond acceptors (Lipinski definition) is 4. The van der Waals surface area contributed by atoms with Crippen LogP contribution in [-0.2, 0) is 14.8 Å². The molecule has 0 atom stereocenters. The smallest absolute Gasteiger partial charge is 0.257 e. The first kappa shape index (κ1) is 13.5. The molecule has 1 aromatic heterocycles. The number of amides is 1. The monoisotopic (exact) mass is 301 g/mol. The van der Waals surface area contributed by atoms with Crippen LogP contribution < -0.4 is 10.5 Å². The summed E-state index contributed by atoms with van der Waals surface area (Å²) in [5.41, 5.74) is 1.91. The maximum absolute atomic E-state index is 11.9. The van der Waals surface area contributed by atoms with E-state index in [0.717, 1.165) is 5.56 Å². The molecule has 1 aromatic carbocycles. The van der Waals surface area contributed by atoms with Crippen molar-refractivity contribution in [2.24, 2.45) is 5.14 Å². The number of sulfonamides is 1. The third-order valence-electron chi connectivity index (χ3n) is 3.09. The molecule has 0 spiro atoms. The first-order valence-corrected chi connectivity index (χ1v) is 7.61. The molecule has 0 radical (unpaired) electrons. The number of primary sulfonamides is 1. The first-order valence-electron chi connectivity index (χ1n) is 6.06. The molecule has 0 bridgehead atoms. The van der Waals surface area contributed by atoms with Gasteiger partial charge in [-0.25, -0.2) is 18.5 Å². The summed E-state index contributed by atoms with van der Waals surface area (Å²) in [7, 11) is -3.72. The van der Waals surface area contributed by atoms with Gasteiger partial charge < -0.3 is 5.32 Å². The number of benzene rings is 1. The topological polar surface area (TPSA) is 102 Å². The van der Waals surface area contributed by atoms with E-state index in [1.54, 1.807) is 36.5 Å². The Kier molecular flexibility index (Phi) is 3.08. The fraction of sp³-hybridized carbons (Fsp3) is 0. The van der Waals surface area contributed by atoms with Gasteiger partial charge in [-0.2, -0.15) is 0 Å². The van der Waals surface area contributed by atoms with Crippen LogP contribution in [0.2, 0.25) is 0 Å². The van der Waals surface area contributed by atoms with E-state index in [0.29, 0.717) is 17.0 Å². The summed E-state index contributed by atoms with van der Waals surface area (Å²) in [6.07, 6.45) is 3.28. The second-order valence-corrected chi connectivity index (χ2v) is 6.09. The molecule has 0 aliphatic carbocycles. The molecular weight excluding hydrogens is 290 g/mol. The van der Waals surface area contributed by atoms with E-state index in [1.165, 1.54) is 12.1 Å². The largest absolute Gasteiger partial charge is 0.306 e. The molecule has 3 N–H and O–H groups in total. The fourth-order valence-electron chi connectivity index (χ4n) is 2.08. The van der Waals surface area contributed by atoms with Crippen LogP contribution in [0.5, 0.6) is 0 Å².